The average molecular weight is 458 g/mol. The second-order valence-electron chi connectivity index (χ2n) is 10.1. The second-order valence-corrected chi connectivity index (χ2v) is 10.4. The van der Waals surface area contributed by atoms with Crippen LogP contribution in [0.2, 0.25) is 5.15 Å². The maximum absolute atomic E-state index is 13.2. The molecule has 3 amide bonds. The van der Waals surface area contributed by atoms with E-state index in [0.29, 0.717) is 24.3 Å². The smallest absolute Gasteiger partial charge is 0.326 e. The highest BCUT2D eigenvalue weighted by Gasteiger charge is 2.56. The van der Waals surface area contributed by atoms with Gasteiger partial charge in [0.2, 0.25) is 0 Å². The van der Waals surface area contributed by atoms with Crippen LogP contribution in [0.4, 0.5) is 4.79 Å². The van der Waals surface area contributed by atoms with Gasteiger partial charge in [-0.15, -0.1) is 0 Å². The lowest BCUT2D eigenvalue weighted by Crippen LogP contribution is -2.54. The van der Waals surface area contributed by atoms with E-state index in [9.17, 15) is 14.4 Å². The van der Waals surface area contributed by atoms with Crippen molar-refractivity contribution < 1.29 is 19.1 Å². The number of halogens is 1. The standard InChI is InChI=1S/C24H28ClN3O4/c1-14-5-6-16-8-17(20(25)26-18(16)7-14)12-32-19(29)11-28-21(30)24(27-22(28)31)10-15(2)9-23(3,4)13-24/h5-8,15H,9-13H2,1-4H3,(H,27,31)/t15-,24+/m0/s1. The van der Waals surface area contributed by atoms with Gasteiger partial charge in [-0.1, -0.05) is 44.5 Å². The second kappa shape index (κ2) is 8.03. The minimum atomic E-state index is -0.942. The summed E-state index contributed by atoms with van der Waals surface area (Å²) in [5, 5.41) is 4.00. The zero-order chi connectivity index (χ0) is 23.3. The van der Waals surface area contributed by atoms with Crippen LogP contribution < -0.4 is 5.32 Å². The molecule has 1 aromatic heterocycles. The van der Waals surface area contributed by atoms with Gasteiger partial charge < -0.3 is 10.1 Å². The van der Waals surface area contributed by atoms with Crippen LogP contribution in [0.1, 0.15) is 51.2 Å². The Labute approximate surface area is 192 Å². The van der Waals surface area contributed by atoms with Crippen LogP contribution in [0.25, 0.3) is 10.9 Å². The molecule has 2 heterocycles. The van der Waals surface area contributed by atoms with Crippen molar-refractivity contribution in [2.24, 2.45) is 11.3 Å². The zero-order valence-electron chi connectivity index (χ0n) is 18.8. The molecule has 0 unspecified atom stereocenters. The van der Waals surface area contributed by atoms with E-state index in [2.05, 4.69) is 31.1 Å². The van der Waals surface area contributed by atoms with E-state index in [-0.39, 0.29) is 23.1 Å². The number of hydrogen-bond donors (Lipinski definition) is 1. The van der Waals surface area contributed by atoms with Crippen LogP contribution in [-0.2, 0) is 20.9 Å². The van der Waals surface area contributed by atoms with E-state index < -0.39 is 24.1 Å². The molecule has 0 bridgehead atoms. The predicted molar refractivity (Wildman–Crippen MR) is 121 cm³/mol. The normalized spacial score (nSPS) is 24.8. The molecule has 2 aliphatic rings. The van der Waals surface area contributed by atoms with Gasteiger partial charge in [0.15, 0.2) is 0 Å². The number of esters is 1. The van der Waals surface area contributed by atoms with Crippen LogP contribution >= 0.6 is 11.6 Å². The Hall–Kier alpha value is -2.67. The molecular formula is C24H28ClN3O4. The van der Waals surface area contributed by atoms with E-state index in [1.54, 1.807) is 0 Å². The molecule has 2 atom stereocenters. The first-order valence-electron chi connectivity index (χ1n) is 10.8. The molecule has 7 nitrogen and oxygen atoms in total. The minimum absolute atomic E-state index is 0.0739. The Balaban J connectivity index is 1.43. The Morgan fingerprint density at radius 3 is 2.75 bits per heavy atom. The fourth-order valence-corrected chi connectivity index (χ4v) is 5.58. The number of aromatic nitrogens is 1. The first kappa shape index (κ1) is 22.5. The summed E-state index contributed by atoms with van der Waals surface area (Å²) >= 11 is 6.26. The molecule has 1 aliphatic heterocycles. The van der Waals surface area contributed by atoms with Crippen molar-refractivity contribution in [3.05, 3.63) is 40.5 Å². The molecule has 2 aromatic rings. The number of ether oxygens (including phenoxy) is 1. The number of carbonyl (C=O) groups excluding carboxylic acids is 3. The van der Waals surface area contributed by atoms with Crippen molar-refractivity contribution in [3.63, 3.8) is 0 Å². The van der Waals surface area contributed by atoms with Gasteiger partial charge in [-0.25, -0.2) is 9.78 Å². The van der Waals surface area contributed by atoms with E-state index in [0.717, 1.165) is 27.8 Å². The lowest BCUT2D eigenvalue weighted by atomic mass is 9.64. The molecule has 1 saturated carbocycles. The van der Waals surface area contributed by atoms with Gasteiger partial charge in [0.05, 0.1) is 5.52 Å². The molecule has 32 heavy (non-hydrogen) atoms. The van der Waals surface area contributed by atoms with Crippen molar-refractivity contribution in [2.75, 3.05) is 6.54 Å². The maximum Gasteiger partial charge on any atom is 0.326 e. The van der Waals surface area contributed by atoms with Gasteiger partial charge >= 0.3 is 12.0 Å². The van der Waals surface area contributed by atoms with Gasteiger partial charge in [0, 0.05) is 10.9 Å². The molecular weight excluding hydrogens is 430 g/mol. The third kappa shape index (κ3) is 4.31. The Morgan fingerprint density at radius 1 is 1.28 bits per heavy atom. The molecule has 0 radical (unpaired) electrons. The van der Waals surface area contributed by atoms with E-state index >= 15 is 0 Å². The average Bonchev–Trinajstić information content (AvgIpc) is 2.88. The molecule has 1 aliphatic carbocycles. The number of nitrogens with zero attached hydrogens (tertiary/aromatic N) is 2. The third-order valence-electron chi connectivity index (χ3n) is 6.30. The summed E-state index contributed by atoms with van der Waals surface area (Å²) < 4.78 is 5.34. The number of pyridine rings is 1. The summed E-state index contributed by atoms with van der Waals surface area (Å²) in [7, 11) is 0. The summed E-state index contributed by atoms with van der Waals surface area (Å²) in [5.74, 6) is -0.727. The minimum Gasteiger partial charge on any atom is -0.459 e. The molecule has 170 valence electrons. The van der Waals surface area contributed by atoms with Crippen molar-refractivity contribution in [3.8, 4) is 0 Å². The Kier molecular flexibility index (Phi) is 5.65. The molecule has 1 spiro atoms. The topological polar surface area (TPSA) is 88.6 Å². The fourth-order valence-electron chi connectivity index (χ4n) is 5.38. The number of hydrogen-bond acceptors (Lipinski definition) is 5. The summed E-state index contributed by atoms with van der Waals surface area (Å²) in [6, 6.07) is 7.11. The Morgan fingerprint density at radius 2 is 2.03 bits per heavy atom. The lowest BCUT2D eigenvalue weighted by Gasteiger charge is -2.43. The van der Waals surface area contributed by atoms with Gasteiger partial charge in [-0.3, -0.25) is 14.5 Å². The number of rotatable bonds is 4. The first-order chi connectivity index (χ1) is 15.0. The first-order valence-corrected chi connectivity index (χ1v) is 11.2. The summed E-state index contributed by atoms with van der Waals surface area (Å²) in [5.41, 5.74) is 1.38. The molecule has 4 rings (SSSR count). The summed E-state index contributed by atoms with van der Waals surface area (Å²) in [4.78, 5) is 43.6. The molecule has 1 N–H and O–H groups in total. The number of fused-ring (bicyclic) bond motifs is 1. The number of carbonyl (C=O) groups is 3. The number of urea groups is 1. The summed E-state index contributed by atoms with van der Waals surface area (Å²) in [6.07, 6.45) is 2.11. The van der Waals surface area contributed by atoms with Gasteiger partial charge in [-0.2, -0.15) is 0 Å². The number of amides is 3. The maximum atomic E-state index is 13.2. The van der Waals surface area contributed by atoms with Gasteiger partial charge in [0.25, 0.3) is 5.91 Å². The van der Waals surface area contributed by atoms with E-state index in [1.165, 1.54) is 0 Å². The van der Waals surface area contributed by atoms with Gasteiger partial charge in [0.1, 0.15) is 23.8 Å². The van der Waals surface area contributed by atoms with Gasteiger partial charge in [-0.05, 0) is 55.2 Å². The van der Waals surface area contributed by atoms with Crippen molar-refractivity contribution >= 4 is 40.4 Å². The van der Waals surface area contributed by atoms with Crippen LogP contribution in [0.15, 0.2) is 24.3 Å². The summed E-state index contributed by atoms with van der Waals surface area (Å²) in [6.45, 7) is 7.74. The lowest BCUT2D eigenvalue weighted by molar-refractivity contribution is -0.149. The molecule has 2 fully saturated rings. The number of imide groups is 1. The third-order valence-corrected chi connectivity index (χ3v) is 6.63. The molecule has 1 saturated heterocycles. The van der Waals surface area contributed by atoms with Crippen molar-refractivity contribution in [1.82, 2.24) is 15.2 Å². The van der Waals surface area contributed by atoms with E-state index in [4.69, 9.17) is 16.3 Å². The predicted octanol–water partition coefficient (Wildman–Crippen LogP) is 4.38. The monoisotopic (exact) mass is 457 g/mol. The highest BCUT2D eigenvalue weighted by molar-refractivity contribution is 6.30. The van der Waals surface area contributed by atoms with Crippen molar-refractivity contribution in [1.29, 1.82) is 0 Å². The van der Waals surface area contributed by atoms with Crippen molar-refractivity contribution in [2.45, 2.75) is 59.1 Å². The van der Waals surface area contributed by atoms with Crippen LogP contribution in [0, 0.1) is 18.3 Å². The quantitative estimate of drug-likeness (QED) is 0.418. The molecule has 8 heteroatoms. The SMILES string of the molecule is Cc1ccc2cc(COC(=O)CN3C(=O)N[C@@]4(C[C@@H](C)CC(C)(C)C4)C3=O)c(Cl)nc2c1. The fraction of sp³-hybridized carbons (Fsp3) is 0.500. The molecule has 1 aromatic carbocycles. The number of aryl methyl sites for hydroxylation is 1. The highest BCUT2D eigenvalue weighted by Crippen LogP contribution is 2.46. The van der Waals surface area contributed by atoms with E-state index in [1.807, 2.05) is 31.2 Å². The number of benzene rings is 1. The van der Waals surface area contributed by atoms with Crippen LogP contribution in [-0.4, -0.2) is 39.9 Å². The van der Waals surface area contributed by atoms with Crippen LogP contribution in [0.5, 0.6) is 0 Å². The Bertz CT molecular complexity index is 1120. The highest BCUT2D eigenvalue weighted by atomic mass is 35.5. The van der Waals surface area contributed by atoms with Crippen LogP contribution in [0.3, 0.4) is 0 Å². The largest absolute Gasteiger partial charge is 0.459 e. The zero-order valence-corrected chi connectivity index (χ0v) is 19.6. The number of nitrogens with one attached hydrogen (secondary N) is 1.